The second-order valence-electron chi connectivity index (χ2n) is 6.88. The predicted molar refractivity (Wildman–Crippen MR) is 106 cm³/mol. The normalized spacial score (nSPS) is 15.4. The second kappa shape index (κ2) is 8.22. The topological polar surface area (TPSA) is 87.5 Å². The lowest BCUT2D eigenvalue weighted by Gasteiger charge is -2.29. The second-order valence-corrected chi connectivity index (χ2v) is 6.88. The molecule has 1 saturated heterocycles. The zero-order valence-corrected chi connectivity index (χ0v) is 15.4. The molecule has 1 aliphatic heterocycles. The third kappa shape index (κ3) is 3.89. The van der Waals surface area contributed by atoms with Crippen LogP contribution in [0.3, 0.4) is 0 Å². The van der Waals surface area contributed by atoms with Crippen molar-refractivity contribution < 1.29 is 14.1 Å². The molecule has 1 aromatic heterocycles. The first-order chi connectivity index (χ1) is 13.7. The van der Waals surface area contributed by atoms with Gasteiger partial charge in [-0.05, 0) is 42.3 Å². The summed E-state index contributed by atoms with van der Waals surface area (Å²) in [5.41, 5.74) is 1.16. The summed E-state index contributed by atoms with van der Waals surface area (Å²) in [7, 11) is 0. The van der Waals surface area contributed by atoms with E-state index in [1.54, 1.807) is 0 Å². The molecule has 2 amide bonds. The standard InChI is InChI=1S/C21H22N4O3/c26-20(21(27)23-19-10-13-28-24-19)22-14-18(25-11-3-4-12-25)17-9-5-7-15-6-1-2-8-16(15)17/h1-2,5-10,13,18H,3-4,11-12,14H2,(H,22,26)(H,23,24,27)/t18-/m0/s1. The van der Waals surface area contributed by atoms with Crippen LogP contribution in [0.5, 0.6) is 0 Å². The molecule has 2 aromatic carbocycles. The molecule has 7 heteroatoms. The SMILES string of the molecule is O=C(NC[C@@H](c1cccc2ccccc12)N1CCCC1)C(=O)Nc1ccon1. The fourth-order valence-corrected chi connectivity index (χ4v) is 3.75. The Morgan fingerprint density at radius 3 is 2.61 bits per heavy atom. The lowest BCUT2D eigenvalue weighted by Crippen LogP contribution is -2.41. The van der Waals surface area contributed by atoms with E-state index in [1.165, 1.54) is 23.1 Å². The molecule has 0 spiro atoms. The number of rotatable bonds is 5. The Morgan fingerprint density at radius 1 is 1.04 bits per heavy atom. The van der Waals surface area contributed by atoms with Crippen molar-refractivity contribution in [2.45, 2.75) is 18.9 Å². The number of nitrogens with zero attached hydrogens (tertiary/aromatic N) is 2. The number of fused-ring (bicyclic) bond motifs is 1. The van der Waals surface area contributed by atoms with E-state index in [9.17, 15) is 9.59 Å². The Hall–Kier alpha value is -3.19. The van der Waals surface area contributed by atoms with E-state index >= 15 is 0 Å². The number of benzene rings is 2. The van der Waals surface area contributed by atoms with Crippen LogP contribution in [0.15, 0.2) is 59.3 Å². The zero-order valence-electron chi connectivity index (χ0n) is 15.4. The summed E-state index contributed by atoms with van der Waals surface area (Å²) in [6.07, 6.45) is 3.61. The number of hydrogen-bond donors (Lipinski definition) is 2. The average molecular weight is 378 g/mol. The molecule has 144 valence electrons. The van der Waals surface area contributed by atoms with Crippen molar-refractivity contribution in [3.05, 3.63) is 60.4 Å². The molecule has 1 atom stereocenters. The van der Waals surface area contributed by atoms with Crippen LogP contribution in [0.1, 0.15) is 24.4 Å². The van der Waals surface area contributed by atoms with E-state index in [2.05, 4.69) is 49.5 Å². The molecular formula is C21H22N4O3. The van der Waals surface area contributed by atoms with Crippen molar-refractivity contribution >= 4 is 28.4 Å². The maximum absolute atomic E-state index is 12.3. The number of anilines is 1. The van der Waals surface area contributed by atoms with Gasteiger partial charge in [-0.2, -0.15) is 0 Å². The minimum Gasteiger partial charge on any atom is -0.363 e. The number of aromatic nitrogens is 1. The van der Waals surface area contributed by atoms with Gasteiger partial charge in [0, 0.05) is 12.6 Å². The summed E-state index contributed by atoms with van der Waals surface area (Å²) in [5.74, 6) is -1.23. The van der Waals surface area contributed by atoms with Gasteiger partial charge in [0.25, 0.3) is 0 Å². The fraction of sp³-hybridized carbons (Fsp3) is 0.286. The third-order valence-corrected chi connectivity index (χ3v) is 5.11. The van der Waals surface area contributed by atoms with E-state index in [4.69, 9.17) is 0 Å². The van der Waals surface area contributed by atoms with Gasteiger partial charge in [-0.1, -0.05) is 47.6 Å². The van der Waals surface area contributed by atoms with Crippen LogP contribution in [0.25, 0.3) is 10.8 Å². The Kier molecular flexibility index (Phi) is 5.34. The molecule has 0 saturated carbocycles. The predicted octanol–water partition coefficient (Wildman–Crippen LogP) is 2.72. The van der Waals surface area contributed by atoms with Gasteiger partial charge in [-0.3, -0.25) is 19.8 Å². The first-order valence-electron chi connectivity index (χ1n) is 9.43. The molecule has 2 heterocycles. The van der Waals surface area contributed by atoms with E-state index in [-0.39, 0.29) is 11.9 Å². The van der Waals surface area contributed by atoms with Crippen LogP contribution in [0.4, 0.5) is 5.82 Å². The molecule has 0 aliphatic carbocycles. The van der Waals surface area contributed by atoms with Crippen molar-refractivity contribution in [1.29, 1.82) is 0 Å². The molecule has 7 nitrogen and oxygen atoms in total. The molecule has 1 aliphatic rings. The largest absolute Gasteiger partial charge is 0.363 e. The number of hydrogen-bond acceptors (Lipinski definition) is 5. The van der Waals surface area contributed by atoms with Crippen molar-refractivity contribution in [3.8, 4) is 0 Å². The Labute approximate surface area is 162 Å². The number of amides is 2. The molecular weight excluding hydrogens is 356 g/mol. The Balaban J connectivity index is 1.52. The molecule has 3 aromatic rings. The van der Waals surface area contributed by atoms with Crippen LogP contribution in [0, 0.1) is 0 Å². The Bertz CT molecular complexity index is 959. The quantitative estimate of drug-likeness (QED) is 0.667. The molecule has 28 heavy (non-hydrogen) atoms. The van der Waals surface area contributed by atoms with Crippen molar-refractivity contribution in [1.82, 2.24) is 15.4 Å². The number of likely N-dealkylation sites (tertiary alicyclic amines) is 1. The van der Waals surface area contributed by atoms with Gasteiger partial charge >= 0.3 is 11.8 Å². The van der Waals surface area contributed by atoms with Crippen LogP contribution >= 0.6 is 0 Å². The Morgan fingerprint density at radius 2 is 1.82 bits per heavy atom. The van der Waals surface area contributed by atoms with Gasteiger partial charge in [0.15, 0.2) is 5.82 Å². The van der Waals surface area contributed by atoms with E-state index in [0.29, 0.717) is 6.54 Å². The minimum absolute atomic E-state index is 0.0115. The summed E-state index contributed by atoms with van der Waals surface area (Å²) in [5, 5.41) is 11.1. The van der Waals surface area contributed by atoms with Gasteiger partial charge in [0.2, 0.25) is 0 Å². The van der Waals surface area contributed by atoms with Crippen LogP contribution in [0.2, 0.25) is 0 Å². The van der Waals surface area contributed by atoms with Crippen LogP contribution in [-0.2, 0) is 9.59 Å². The zero-order chi connectivity index (χ0) is 19.3. The minimum atomic E-state index is -0.757. The van der Waals surface area contributed by atoms with Gasteiger partial charge in [0.1, 0.15) is 6.26 Å². The van der Waals surface area contributed by atoms with E-state index in [1.807, 2.05) is 18.2 Å². The van der Waals surface area contributed by atoms with Gasteiger partial charge in [-0.15, -0.1) is 0 Å². The van der Waals surface area contributed by atoms with Gasteiger partial charge in [0.05, 0.1) is 6.04 Å². The summed E-state index contributed by atoms with van der Waals surface area (Å²) >= 11 is 0. The highest BCUT2D eigenvalue weighted by molar-refractivity contribution is 6.39. The smallest absolute Gasteiger partial charge is 0.314 e. The summed E-state index contributed by atoms with van der Waals surface area (Å²) in [6.45, 7) is 2.32. The van der Waals surface area contributed by atoms with Gasteiger partial charge in [-0.25, -0.2) is 0 Å². The fourth-order valence-electron chi connectivity index (χ4n) is 3.75. The third-order valence-electron chi connectivity index (χ3n) is 5.11. The highest BCUT2D eigenvalue weighted by Gasteiger charge is 2.26. The lowest BCUT2D eigenvalue weighted by atomic mass is 9.97. The molecule has 0 bridgehead atoms. The van der Waals surface area contributed by atoms with Gasteiger partial charge < -0.3 is 9.84 Å². The van der Waals surface area contributed by atoms with Crippen molar-refractivity contribution in [2.75, 3.05) is 25.0 Å². The van der Waals surface area contributed by atoms with Crippen molar-refractivity contribution in [2.24, 2.45) is 0 Å². The summed E-state index contributed by atoms with van der Waals surface area (Å²) in [4.78, 5) is 26.7. The molecule has 4 rings (SSSR count). The number of carbonyl (C=O) groups is 2. The van der Waals surface area contributed by atoms with Crippen LogP contribution in [-0.4, -0.2) is 41.5 Å². The highest BCUT2D eigenvalue weighted by Crippen LogP contribution is 2.30. The highest BCUT2D eigenvalue weighted by atomic mass is 16.5. The van der Waals surface area contributed by atoms with E-state index < -0.39 is 11.8 Å². The van der Waals surface area contributed by atoms with Crippen molar-refractivity contribution in [3.63, 3.8) is 0 Å². The molecule has 0 radical (unpaired) electrons. The first kappa shape index (κ1) is 18.2. The lowest BCUT2D eigenvalue weighted by molar-refractivity contribution is -0.136. The van der Waals surface area contributed by atoms with E-state index in [0.717, 1.165) is 31.5 Å². The maximum atomic E-state index is 12.3. The summed E-state index contributed by atoms with van der Waals surface area (Å²) in [6, 6.07) is 16.0. The monoisotopic (exact) mass is 378 g/mol. The number of nitrogens with one attached hydrogen (secondary N) is 2. The van der Waals surface area contributed by atoms with Crippen LogP contribution < -0.4 is 10.6 Å². The maximum Gasteiger partial charge on any atom is 0.314 e. The molecule has 2 N–H and O–H groups in total. The first-order valence-corrected chi connectivity index (χ1v) is 9.43. The molecule has 0 unspecified atom stereocenters. The number of carbonyl (C=O) groups excluding carboxylic acids is 2. The average Bonchev–Trinajstić information content (AvgIpc) is 3.42. The molecule has 1 fully saturated rings. The summed E-state index contributed by atoms with van der Waals surface area (Å²) < 4.78 is 4.66.